The molecule has 8 heteroatoms. The van der Waals surface area contributed by atoms with Crippen LogP contribution in [0.15, 0.2) is 70.5 Å². The molecule has 37 heavy (non-hydrogen) atoms. The van der Waals surface area contributed by atoms with Crippen LogP contribution in [0.4, 0.5) is 0 Å². The van der Waals surface area contributed by atoms with Gasteiger partial charge >= 0.3 is 0 Å². The molecule has 3 atom stereocenters. The monoisotopic (exact) mass is 532 g/mol. The van der Waals surface area contributed by atoms with E-state index in [2.05, 4.69) is 30.3 Å². The zero-order chi connectivity index (χ0) is 25.7. The van der Waals surface area contributed by atoms with Gasteiger partial charge in [0.15, 0.2) is 16.3 Å². The van der Waals surface area contributed by atoms with Crippen molar-refractivity contribution in [2.24, 2.45) is 10.9 Å². The fraction of sp³-hybridized carbons (Fsp3) is 0.241. The van der Waals surface area contributed by atoms with E-state index in [-0.39, 0.29) is 40.1 Å². The molecule has 3 aromatic carbocycles. The van der Waals surface area contributed by atoms with Gasteiger partial charge in [0.2, 0.25) is 0 Å². The highest BCUT2D eigenvalue weighted by Gasteiger charge is 2.40. The third-order valence-corrected chi connectivity index (χ3v) is 8.59. The van der Waals surface area contributed by atoms with Gasteiger partial charge in [-0.3, -0.25) is 14.4 Å². The molecule has 1 N–H and O–H groups in total. The van der Waals surface area contributed by atoms with Crippen molar-refractivity contribution in [3.63, 3.8) is 0 Å². The molecule has 2 aliphatic rings. The van der Waals surface area contributed by atoms with E-state index in [1.54, 1.807) is 25.3 Å². The highest BCUT2D eigenvalue weighted by molar-refractivity contribution is 7.07. The normalized spacial score (nSPS) is 20.4. The number of benzene rings is 3. The first kappa shape index (κ1) is 23.8. The Labute approximate surface area is 222 Å². The first-order chi connectivity index (χ1) is 18.0. The number of ether oxygens (including phenoxy) is 2. The van der Waals surface area contributed by atoms with Gasteiger partial charge in [0.1, 0.15) is 5.75 Å². The number of halogens is 1. The van der Waals surface area contributed by atoms with E-state index in [0.29, 0.717) is 14.9 Å². The average Bonchev–Trinajstić information content (AvgIpc) is 3.23. The minimum Gasteiger partial charge on any atom is -0.503 e. The maximum Gasteiger partial charge on any atom is 0.270 e. The van der Waals surface area contributed by atoms with Gasteiger partial charge in [-0.05, 0) is 65.4 Å². The van der Waals surface area contributed by atoms with Crippen LogP contribution in [0.1, 0.15) is 40.8 Å². The van der Waals surface area contributed by atoms with Gasteiger partial charge in [-0.1, -0.05) is 59.3 Å². The summed E-state index contributed by atoms with van der Waals surface area (Å²) in [4.78, 5) is 19.8. The molecule has 0 saturated carbocycles. The zero-order valence-electron chi connectivity index (χ0n) is 20.3. The molecule has 0 bridgehead atoms. The molecule has 0 amide bonds. The predicted octanol–water partition coefficient (Wildman–Crippen LogP) is 4.64. The van der Waals surface area contributed by atoms with Crippen molar-refractivity contribution in [3.05, 3.63) is 108 Å². The Morgan fingerprint density at radius 1 is 1.11 bits per heavy atom. The van der Waals surface area contributed by atoms with Crippen LogP contribution in [0.3, 0.4) is 0 Å². The summed E-state index contributed by atoms with van der Waals surface area (Å²) < 4.78 is 13.2. The number of fused-ring (bicyclic) bond motifs is 4. The van der Waals surface area contributed by atoms with Crippen LogP contribution in [0.25, 0.3) is 6.08 Å². The van der Waals surface area contributed by atoms with E-state index < -0.39 is 0 Å². The molecular weight excluding hydrogens is 508 g/mol. The molecule has 0 fully saturated rings. The number of nitrogens with zero attached hydrogens (tertiary/aromatic N) is 2. The van der Waals surface area contributed by atoms with Crippen LogP contribution in [-0.2, 0) is 6.42 Å². The number of thiazole rings is 1. The molecule has 2 heterocycles. The SMILES string of the molecule is COc1cccc(C2C3CCc4ccccc4C3N=c3s/c(=C\c4cc(Cl)c(O)c(OC)c4)c(=O)n32)c1. The highest BCUT2D eigenvalue weighted by Crippen LogP contribution is 2.46. The van der Waals surface area contributed by atoms with E-state index in [0.717, 1.165) is 24.2 Å². The molecule has 1 aliphatic carbocycles. The summed E-state index contributed by atoms with van der Waals surface area (Å²) in [6.07, 6.45) is 3.66. The number of methoxy groups -OCH3 is 2. The number of rotatable bonds is 4. The summed E-state index contributed by atoms with van der Waals surface area (Å²) in [6.45, 7) is 0. The summed E-state index contributed by atoms with van der Waals surface area (Å²) >= 11 is 7.58. The Morgan fingerprint density at radius 2 is 1.95 bits per heavy atom. The number of hydrogen-bond acceptors (Lipinski definition) is 6. The Bertz CT molecular complexity index is 1690. The van der Waals surface area contributed by atoms with Crippen molar-refractivity contribution in [3.8, 4) is 17.2 Å². The number of aromatic nitrogens is 1. The topological polar surface area (TPSA) is 73.1 Å². The van der Waals surface area contributed by atoms with Crippen LogP contribution >= 0.6 is 22.9 Å². The van der Waals surface area contributed by atoms with Gasteiger partial charge in [0.05, 0.1) is 35.9 Å². The summed E-state index contributed by atoms with van der Waals surface area (Å²) in [5.41, 5.74) is 4.15. The van der Waals surface area contributed by atoms with Crippen molar-refractivity contribution in [1.82, 2.24) is 4.57 Å². The standard InChI is InChI=1S/C29H25ClN2O4S/c1-35-19-8-5-7-18(15-19)26-21-11-10-17-6-3-4-9-20(17)25(21)31-29-32(26)28(34)24(37-29)14-16-12-22(30)27(33)23(13-16)36-2/h3-9,12-15,21,25-26,33H,10-11H2,1-2H3/b24-14-. The van der Waals surface area contributed by atoms with E-state index >= 15 is 0 Å². The lowest BCUT2D eigenvalue weighted by atomic mass is 9.74. The molecule has 0 saturated heterocycles. The van der Waals surface area contributed by atoms with E-state index in [1.807, 2.05) is 22.8 Å². The Hall–Kier alpha value is -3.55. The third kappa shape index (κ3) is 4.03. The quantitative estimate of drug-likeness (QED) is 0.415. The van der Waals surface area contributed by atoms with E-state index in [9.17, 15) is 9.90 Å². The molecule has 1 aliphatic heterocycles. The lowest BCUT2D eigenvalue weighted by molar-refractivity contribution is 0.252. The van der Waals surface area contributed by atoms with Crippen molar-refractivity contribution >= 4 is 29.0 Å². The lowest BCUT2D eigenvalue weighted by Crippen LogP contribution is -2.44. The Balaban J connectivity index is 1.59. The molecule has 6 rings (SSSR count). The van der Waals surface area contributed by atoms with Gasteiger partial charge < -0.3 is 14.6 Å². The number of aromatic hydroxyl groups is 1. The number of hydrogen-bond donors (Lipinski definition) is 1. The molecule has 1 aromatic heterocycles. The second kappa shape index (κ2) is 9.39. The smallest absolute Gasteiger partial charge is 0.270 e. The number of aryl methyl sites for hydroxylation is 1. The summed E-state index contributed by atoms with van der Waals surface area (Å²) in [5, 5.41) is 10.3. The molecule has 0 radical (unpaired) electrons. The Kier molecular flexibility index (Phi) is 6.05. The first-order valence-electron chi connectivity index (χ1n) is 12.1. The molecule has 188 valence electrons. The zero-order valence-corrected chi connectivity index (χ0v) is 21.9. The molecule has 0 spiro atoms. The molecular formula is C29H25ClN2O4S. The van der Waals surface area contributed by atoms with Crippen LogP contribution in [0, 0.1) is 5.92 Å². The minimum absolute atomic E-state index is 0.0322. The fourth-order valence-electron chi connectivity index (χ4n) is 5.60. The van der Waals surface area contributed by atoms with Crippen molar-refractivity contribution in [2.75, 3.05) is 14.2 Å². The number of phenols is 1. The fourth-order valence-corrected chi connectivity index (χ4v) is 6.85. The van der Waals surface area contributed by atoms with E-state index in [4.69, 9.17) is 26.1 Å². The van der Waals surface area contributed by atoms with Gasteiger partial charge in [-0.25, -0.2) is 0 Å². The summed E-state index contributed by atoms with van der Waals surface area (Å²) in [7, 11) is 3.12. The van der Waals surface area contributed by atoms with Crippen LogP contribution in [0.2, 0.25) is 5.02 Å². The second-order valence-electron chi connectivity index (χ2n) is 9.32. The Morgan fingerprint density at radius 3 is 2.76 bits per heavy atom. The van der Waals surface area contributed by atoms with Gasteiger partial charge in [-0.2, -0.15) is 0 Å². The van der Waals surface area contributed by atoms with Crippen LogP contribution in [-0.4, -0.2) is 23.9 Å². The van der Waals surface area contributed by atoms with Gasteiger partial charge in [-0.15, -0.1) is 0 Å². The van der Waals surface area contributed by atoms with Crippen molar-refractivity contribution in [2.45, 2.75) is 24.9 Å². The van der Waals surface area contributed by atoms with Crippen LogP contribution in [0.5, 0.6) is 17.2 Å². The van der Waals surface area contributed by atoms with Crippen molar-refractivity contribution < 1.29 is 14.6 Å². The first-order valence-corrected chi connectivity index (χ1v) is 13.3. The molecule has 6 nitrogen and oxygen atoms in total. The van der Waals surface area contributed by atoms with Gasteiger partial charge in [0.25, 0.3) is 5.56 Å². The van der Waals surface area contributed by atoms with E-state index in [1.165, 1.54) is 29.6 Å². The molecule has 3 unspecified atom stereocenters. The maximum absolute atomic E-state index is 13.9. The van der Waals surface area contributed by atoms with Crippen molar-refractivity contribution in [1.29, 1.82) is 0 Å². The number of phenolic OH excluding ortho intramolecular Hbond substituents is 1. The largest absolute Gasteiger partial charge is 0.503 e. The predicted molar refractivity (Wildman–Crippen MR) is 145 cm³/mol. The summed E-state index contributed by atoms with van der Waals surface area (Å²) in [5.74, 6) is 1.02. The summed E-state index contributed by atoms with van der Waals surface area (Å²) in [6, 6.07) is 19.5. The molecule has 4 aromatic rings. The second-order valence-corrected chi connectivity index (χ2v) is 10.7. The average molecular weight is 533 g/mol. The minimum atomic E-state index is -0.176. The maximum atomic E-state index is 13.9. The van der Waals surface area contributed by atoms with Gasteiger partial charge in [0, 0.05) is 5.92 Å². The third-order valence-electron chi connectivity index (χ3n) is 7.30. The highest BCUT2D eigenvalue weighted by atomic mass is 35.5. The van der Waals surface area contributed by atoms with Crippen LogP contribution < -0.4 is 24.4 Å². The lowest BCUT2D eigenvalue weighted by Gasteiger charge is -2.39.